The van der Waals surface area contributed by atoms with Crippen LogP contribution < -0.4 is 11.1 Å². The van der Waals surface area contributed by atoms with Gasteiger partial charge in [0.1, 0.15) is 0 Å². The van der Waals surface area contributed by atoms with Gasteiger partial charge in [0.25, 0.3) is 0 Å². The smallest absolute Gasteiger partial charge is 0.226 e. The highest BCUT2D eigenvalue weighted by atomic mass is 16.2. The second kappa shape index (κ2) is 5.32. The van der Waals surface area contributed by atoms with Crippen molar-refractivity contribution in [1.29, 1.82) is 0 Å². The topological polar surface area (TPSA) is 58.4 Å². The zero-order valence-corrected chi connectivity index (χ0v) is 9.12. The Morgan fingerprint density at radius 1 is 1.36 bits per heavy atom. The van der Waals surface area contributed by atoms with E-state index in [9.17, 15) is 4.79 Å². The molecule has 1 rings (SSSR count). The third-order valence-corrected chi connectivity index (χ3v) is 2.83. The van der Waals surface area contributed by atoms with Crippen LogP contribution in [0.4, 0.5) is 0 Å². The van der Waals surface area contributed by atoms with Crippen molar-refractivity contribution in [3.8, 4) is 0 Å². The summed E-state index contributed by atoms with van der Waals surface area (Å²) in [5, 5.41) is 3.28. The molecule has 4 nitrogen and oxygen atoms in total. The van der Waals surface area contributed by atoms with E-state index in [0.717, 1.165) is 32.6 Å². The van der Waals surface area contributed by atoms with Gasteiger partial charge in [0.2, 0.25) is 5.91 Å². The van der Waals surface area contributed by atoms with Crippen molar-refractivity contribution in [2.75, 3.05) is 26.2 Å². The molecule has 14 heavy (non-hydrogen) atoms. The van der Waals surface area contributed by atoms with Gasteiger partial charge in [-0.25, -0.2) is 0 Å². The summed E-state index contributed by atoms with van der Waals surface area (Å²) in [5.41, 5.74) is 5.72. The van der Waals surface area contributed by atoms with Crippen molar-refractivity contribution in [3.05, 3.63) is 0 Å². The molecule has 3 N–H and O–H groups in total. The number of nitrogens with zero attached hydrogens (tertiary/aromatic N) is 1. The fraction of sp³-hybridized carbons (Fsp3) is 0.900. The molecule has 1 fully saturated rings. The minimum Gasteiger partial charge on any atom is -0.341 e. The standard InChI is InChI=1S/C10H21N3O/c1-8(9(2)11)10(14)13-6-3-4-12-5-7-13/h8-9,12H,3-7,11H2,1-2H3. The predicted octanol–water partition coefficient (Wildman–Crippen LogP) is -0.208. The number of hydrogen-bond acceptors (Lipinski definition) is 3. The number of amides is 1. The van der Waals surface area contributed by atoms with Gasteiger partial charge in [-0.2, -0.15) is 0 Å². The molecule has 1 aliphatic heterocycles. The van der Waals surface area contributed by atoms with E-state index in [-0.39, 0.29) is 17.9 Å². The molecule has 0 saturated carbocycles. The Morgan fingerprint density at radius 3 is 2.71 bits per heavy atom. The number of rotatable bonds is 2. The first kappa shape index (κ1) is 11.5. The summed E-state index contributed by atoms with van der Waals surface area (Å²) < 4.78 is 0. The number of carbonyl (C=O) groups excluding carboxylic acids is 1. The van der Waals surface area contributed by atoms with Gasteiger partial charge in [-0.15, -0.1) is 0 Å². The van der Waals surface area contributed by atoms with Crippen LogP contribution in [0.1, 0.15) is 20.3 Å². The quantitative estimate of drug-likeness (QED) is 0.647. The minimum atomic E-state index is -0.0619. The highest BCUT2D eigenvalue weighted by molar-refractivity contribution is 5.79. The molecule has 0 bridgehead atoms. The van der Waals surface area contributed by atoms with Gasteiger partial charge in [0.15, 0.2) is 0 Å². The second-order valence-corrected chi connectivity index (χ2v) is 4.08. The van der Waals surface area contributed by atoms with E-state index in [0.29, 0.717) is 0 Å². The van der Waals surface area contributed by atoms with Gasteiger partial charge in [-0.3, -0.25) is 4.79 Å². The summed E-state index contributed by atoms with van der Waals surface area (Å²) in [6.07, 6.45) is 1.04. The number of nitrogens with one attached hydrogen (secondary N) is 1. The van der Waals surface area contributed by atoms with Crippen molar-refractivity contribution >= 4 is 5.91 Å². The molecule has 0 radical (unpaired) electrons. The molecule has 0 aromatic rings. The fourth-order valence-electron chi connectivity index (χ4n) is 1.58. The summed E-state index contributed by atoms with van der Waals surface area (Å²) in [4.78, 5) is 13.8. The van der Waals surface area contributed by atoms with E-state index in [1.807, 2.05) is 18.7 Å². The third kappa shape index (κ3) is 2.96. The van der Waals surface area contributed by atoms with Crippen molar-refractivity contribution in [3.63, 3.8) is 0 Å². The lowest BCUT2D eigenvalue weighted by Crippen LogP contribution is -2.43. The molecule has 2 unspecified atom stereocenters. The molecule has 1 aliphatic rings. The maximum absolute atomic E-state index is 11.9. The Bertz CT molecular complexity index is 186. The summed E-state index contributed by atoms with van der Waals surface area (Å²) in [5.74, 6) is 0.136. The van der Waals surface area contributed by atoms with E-state index in [1.165, 1.54) is 0 Å². The van der Waals surface area contributed by atoms with Gasteiger partial charge in [0, 0.05) is 25.7 Å². The number of hydrogen-bond donors (Lipinski definition) is 2. The van der Waals surface area contributed by atoms with E-state index in [2.05, 4.69) is 5.32 Å². The van der Waals surface area contributed by atoms with Crippen LogP contribution in [0.5, 0.6) is 0 Å². The molecular weight excluding hydrogens is 178 g/mol. The molecule has 2 atom stereocenters. The molecule has 1 saturated heterocycles. The van der Waals surface area contributed by atoms with Crippen LogP contribution in [-0.4, -0.2) is 43.0 Å². The third-order valence-electron chi connectivity index (χ3n) is 2.83. The molecule has 4 heteroatoms. The highest BCUT2D eigenvalue weighted by Crippen LogP contribution is 2.07. The van der Waals surface area contributed by atoms with Crippen LogP contribution in [0.25, 0.3) is 0 Å². The molecule has 0 spiro atoms. The Balaban J connectivity index is 2.49. The van der Waals surface area contributed by atoms with Crippen LogP contribution in [-0.2, 0) is 4.79 Å². The Morgan fingerprint density at radius 2 is 2.07 bits per heavy atom. The largest absolute Gasteiger partial charge is 0.341 e. The first-order valence-corrected chi connectivity index (χ1v) is 5.38. The fourth-order valence-corrected chi connectivity index (χ4v) is 1.58. The molecule has 1 heterocycles. The van der Waals surface area contributed by atoms with Crippen molar-refractivity contribution in [1.82, 2.24) is 10.2 Å². The lowest BCUT2D eigenvalue weighted by Gasteiger charge is -2.25. The van der Waals surface area contributed by atoms with Crippen LogP contribution in [0.15, 0.2) is 0 Å². The van der Waals surface area contributed by atoms with Gasteiger partial charge in [-0.1, -0.05) is 6.92 Å². The van der Waals surface area contributed by atoms with E-state index >= 15 is 0 Å². The first-order chi connectivity index (χ1) is 6.63. The average molecular weight is 199 g/mol. The summed E-state index contributed by atoms with van der Waals surface area (Å²) in [7, 11) is 0. The minimum absolute atomic E-state index is 0.0567. The van der Waals surface area contributed by atoms with Crippen molar-refractivity contribution in [2.45, 2.75) is 26.3 Å². The summed E-state index contributed by atoms with van der Waals surface area (Å²) in [6, 6.07) is -0.0567. The average Bonchev–Trinajstić information content (AvgIpc) is 2.43. The highest BCUT2D eigenvalue weighted by Gasteiger charge is 2.23. The Kier molecular flexibility index (Phi) is 4.35. The Hall–Kier alpha value is -0.610. The monoisotopic (exact) mass is 199 g/mol. The van der Waals surface area contributed by atoms with Crippen LogP contribution >= 0.6 is 0 Å². The maximum Gasteiger partial charge on any atom is 0.226 e. The van der Waals surface area contributed by atoms with Crippen LogP contribution in [0.3, 0.4) is 0 Å². The molecule has 1 amide bonds. The Labute approximate surface area is 85.8 Å². The van der Waals surface area contributed by atoms with Crippen LogP contribution in [0.2, 0.25) is 0 Å². The molecular formula is C10H21N3O. The van der Waals surface area contributed by atoms with E-state index < -0.39 is 0 Å². The molecule has 0 aromatic heterocycles. The zero-order chi connectivity index (χ0) is 10.6. The van der Waals surface area contributed by atoms with Crippen molar-refractivity contribution < 1.29 is 4.79 Å². The van der Waals surface area contributed by atoms with E-state index in [4.69, 9.17) is 5.73 Å². The van der Waals surface area contributed by atoms with E-state index in [1.54, 1.807) is 0 Å². The normalized spacial score (nSPS) is 22.6. The summed E-state index contributed by atoms with van der Waals surface area (Å²) in [6.45, 7) is 7.39. The molecule has 0 aromatic carbocycles. The lowest BCUT2D eigenvalue weighted by molar-refractivity contribution is -0.135. The number of carbonyl (C=O) groups is 1. The van der Waals surface area contributed by atoms with Gasteiger partial charge < -0.3 is 16.0 Å². The molecule has 0 aliphatic carbocycles. The predicted molar refractivity (Wildman–Crippen MR) is 56.9 cm³/mol. The lowest BCUT2D eigenvalue weighted by atomic mass is 10.0. The van der Waals surface area contributed by atoms with Crippen molar-refractivity contribution in [2.24, 2.45) is 11.7 Å². The van der Waals surface area contributed by atoms with Gasteiger partial charge in [0.05, 0.1) is 5.92 Å². The number of nitrogens with two attached hydrogens (primary N) is 1. The van der Waals surface area contributed by atoms with Gasteiger partial charge >= 0.3 is 0 Å². The van der Waals surface area contributed by atoms with Crippen LogP contribution in [0, 0.1) is 5.92 Å². The van der Waals surface area contributed by atoms with Gasteiger partial charge in [-0.05, 0) is 19.9 Å². The molecule has 82 valence electrons. The summed E-state index contributed by atoms with van der Waals surface area (Å²) >= 11 is 0. The first-order valence-electron chi connectivity index (χ1n) is 5.38. The zero-order valence-electron chi connectivity index (χ0n) is 9.12. The second-order valence-electron chi connectivity index (χ2n) is 4.08. The SMILES string of the molecule is CC(N)C(C)C(=O)N1CCCNCC1. The maximum atomic E-state index is 11.9.